The Labute approximate surface area is 182 Å². The van der Waals surface area contributed by atoms with Gasteiger partial charge in [0.25, 0.3) is 0 Å². The van der Waals surface area contributed by atoms with Crippen LogP contribution in [0, 0.1) is 20.8 Å². The van der Waals surface area contributed by atoms with Crippen LogP contribution in [-0.2, 0) is 13.2 Å². The van der Waals surface area contributed by atoms with Crippen LogP contribution in [0.4, 0.5) is 5.69 Å². The Hall–Kier alpha value is -2.46. The average molecular weight is 454 g/mol. The van der Waals surface area contributed by atoms with Crippen molar-refractivity contribution < 1.29 is 9.47 Å². The average Bonchev–Trinajstić information content (AvgIpc) is 2.70. The minimum absolute atomic E-state index is 0.513. The van der Waals surface area contributed by atoms with Gasteiger partial charge in [0.05, 0.1) is 6.61 Å². The summed E-state index contributed by atoms with van der Waals surface area (Å²) in [6.07, 6.45) is 0. The van der Waals surface area contributed by atoms with Gasteiger partial charge < -0.3 is 14.8 Å². The number of anilines is 1. The van der Waals surface area contributed by atoms with Crippen LogP contribution in [0.5, 0.6) is 11.5 Å². The molecule has 0 atom stereocenters. The third-order valence-corrected chi connectivity index (χ3v) is 5.79. The number of ether oxygens (including phenoxy) is 2. The second-order valence-corrected chi connectivity index (χ2v) is 8.05. The maximum Gasteiger partial charge on any atom is 0.162 e. The zero-order valence-corrected chi connectivity index (χ0v) is 19.1. The number of hydrogen-bond donors (Lipinski definition) is 1. The summed E-state index contributed by atoms with van der Waals surface area (Å²) < 4.78 is 13.0. The van der Waals surface area contributed by atoms with Crippen molar-refractivity contribution in [2.45, 2.75) is 40.8 Å². The van der Waals surface area contributed by atoms with Crippen molar-refractivity contribution in [2.24, 2.45) is 0 Å². The van der Waals surface area contributed by atoms with E-state index in [9.17, 15) is 0 Å². The predicted octanol–water partition coefficient (Wildman–Crippen LogP) is 6.96. The van der Waals surface area contributed by atoms with Crippen LogP contribution < -0.4 is 14.8 Å². The first-order chi connectivity index (χ1) is 14.0. The van der Waals surface area contributed by atoms with E-state index in [0.717, 1.165) is 27.2 Å². The van der Waals surface area contributed by atoms with Crippen molar-refractivity contribution >= 4 is 21.6 Å². The molecule has 3 aromatic rings. The highest BCUT2D eigenvalue weighted by atomic mass is 79.9. The van der Waals surface area contributed by atoms with Gasteiger partial charge in [-0.15, -0.1) is 0 Å². The molecule has 0 spiro atoms. The number of halogens is 1. The number of nitrogens with one attached hydrogen (secondary N) is 1. The molecule has 29 heavy (non-hydrogen) atoms. The van der Waals surface area contributed by atoms with Crippen molar-refractivity contribution in [2.75, 3.05) is 11.9 Å². The molecule has 0 fully saturated rings. The summed E-state index contributed by atoms with van der Waals surface area (Å²) in [6.45, 7) is 10.1. The lowest BCUT2D eigenvalue weighted by molar-refractivity contribution is 0.268. The summed E-state index contributed by atoms with van der Waals surface area (Å²) in [5.41, 5.74) is 7.20. The molecule has 1 N–H and O–H groups in total. The second kappa shape index (κ2) is 9.84. The molecule has 0 bridgehead atoms. The first-order valence-corrected chi connectivity index (χ1v) is 10.7. The molecule has 0 aliphatic carbocycles. The van der Waals surface area contributed by atoms with Crippen LogP contribution in [0.2, 0.25) is 0 Å². The van der Waals surface area contributed by atoms with E-state index in [4.69, 9.17) is 9.47 Å². The van der Waals surface area contributed by atoms with Crippen LogP contribution in [0.25, 0.3) is 0 Å². The van der Waals surface area contributed by atoms with Crippen molar-refractivity contribution in [3.05, 3.63) is 86.9 Å². The fourth-order valence-corrected chi connectivity index (χ4v) is 3.53. The van der Waals surface area contributed by atoms with Crippen LogP contribution >= 0.6 is 15.9 Å². The van der Waals surface area contributed by atoms with Crippen molar-refractivity contribution in [1.29, 1.82) is 0 Å². The largest absolute Gasteiger partial charge is 0.490 e. The van der Waals surface area contributed by atoms with E-state index in [0.29, 0.717) is 19.8 Å². The molecule has 152 valence electrons. The summed E-state index contributed by atoms with van der Waals surface area (Å²) >= 11 is 3.70. The van der Waals surface area contributed by atoms with Gasteiger partial charge in [0.2, 0.25) is 0 Å². The van der Waals surface area contributed by atoms with Crippen molar-refractivity contribution in [3.8, 4) is 11.5 Å². The lowest BCUT2D eigenvalue weighted by Crippen LogP contribution is -2.05. The highest BCUT2D eigenvalue weighted by Gasteiger charge is 2.12. The SMILES string of the molecule is CCOc1cc(CNc2ccc(C)c(C)c2)c(Br)cc1OCc1ccccc1C. The van der Waals surface area contributed by atoms with Gasteiger partial charge in [-0.25, -0.2) is 0 Å². The standard InChI is InChI=1S/C25H28BrNO2/c1-5-28-24-13-21(15-27-22-11-10-17(2)19(4)12-22)23(26)14-25(24)29-16-20-9-7-6-8-18(20)3/h6-14,27H,5,15-16H2,1-4H3. The molecular formula is C25H28BrNO2. The fourth-order valence-electron chi connectivity index (χ4n) is 3.07. The molecule has 0 amide bonds. The molecule has 3 nitrogen and oxygen atoms in total. The van der Waals surface area contributed by atoms with Gasteiger partial charge in [-0.1, -0.05) is 46.3 Å². The topological polar surface area (TPSA) is 30.5 Å². The van der Waals surface area contributed by atoms with Crippen molar-refractivity contribution in [1.82, 2.24) is 0 Å². The van der Waals surface area contributed by atoms with E-state index in [1.165, 1.54) is 22.3 Å². The van der Waals surface area contributed by atoms with Crippen molar-refractivity contribution in [3.63, 3.8) is 0 Å². The Morgan fingerprint density at radius 3 is 2.28 bits per heavy atom. The highest BCUT2D eigenvalue weighted by Crippen LogP contribution is 2.35. The molecule has 0 saturated carbocycles. The monoisotopic (exact) mass is 453 g/mol. The Kier molecular flexibility index (Phi) is 7.21. The van der Waals surface area contributed by atoms with Crippen LogP contribution in [0.15, 0.2) is 59.1 Å². The lowest BCUT2D eigenvalue weighted by Gasteiger charge is -2.16. The van der Waals surface area contributed by atoms with Gasteiger partial charge in [-0.2, -0.15) is 0 Å². The molecular weight excluding hydrogens is 426 g/mol. The van der Waals surface area contributed by atoms with Gasteiger partial charge in [-0.05, 0) is 79.8 Å². The molecule has 0 aliphatic heterocycles. The van der Waals surface area contributed by atoms with Gasteiger partial charge in [0.15, 0.2) is 11.5 Å². The fraction of sp³-hybridized carbons (Fsp3) is 0.280. The predicted molar refractivity (Wildman–Crippen MR) is 124 cm³/mol. The summed E-state index contributed by atoms with van der Waals surface area (Å²) in [6, 6.07) is 18.7. The third-order valence-electron chi connectivity index (χ3n) is 5.05. The minimum atomic E-state index is 0.513. The number of benzene rings is 3. The molecule has 0 radical (unpaired) electrons. The minimum Gasteiger partial charge on any atom is -0.490 e. The number of hydrogen-bond acceptors (Lipinski definition) is 3. The van der Waals surface area contributed by atoms with Gasteiger partial charge in [-0.3, -0.25) is 0 Å². The molecule has 3 aromatic carbocycles. The Morgan fingerprint density at radius 2 is 1.55 bits per heavy atom. The number of aryl methyl sites for hydroxylation is 3. The van der Waals surface area contributed by atoms with E-state index in [1.807, 2.05) is 25.1 Å². The van der Waals surface area contributed by atoms with E-state index in [2.05, 4.69) is 78.4 Å². The second-order valence-electron chi connectivity index (χ2n) is 7.19. The lowest BCUT2D eigenvalue weighted by atomic mass is 10.1. The molecule has 0 aliphatic rings. The Balaban J connectivity index is 1.76. The number of rotatable bonds is 8. The molecule has 0 saturated heterocycles. The molecule has 4 heteroatoms. The maximum absolute atomic E-state index is 6.11. The Morgan fingerprint density at radius 1 is 0.793 bits per heavy atom. The molecule has 0 unspecified atom stereocenters. The molecule has 0 aromatic heterocycles. The van der Waals surface area contributed by atoms with E-state index in [1.54, 1.807) is 0 Å². The summed E-state index contributed by atoms with van der Waals surface area (Å²) in [4.78, 5) is 0. The van der Waals surface area contributed by atoms with Gasteiger partial charge in [0.1, 0.15) is 6.61 Å². The van der Waals surface area contributed by atoms with Gasteiger partial charge in [0, 0.05) is 16.7 Å². The van der Waals surface area contributed by atoms with E-state index in [-0.39, 0.29) is 0 Å². The maximum atomic E-state index is 6.11. The quantitative estimate of drug-likeness (QED) is 0.399. The van der Waals surface area contributed by atoms with Gasteiger partial charge >= 0.3 is 0 Å². The molecule has 3 rings (SSSR count). The molecule has 0 heterocycles. The Bertz CT molecular complexity index is 985. The smallest absolute Gasteiger partial charge is 0.162 e. The van der Waals surface area contributed by atoms with Crippen LogP contribution in [-0.4, -0.2) is 6.61 Å². The normalized spacial score (nSPS) is 10.7. The van der Waals surface area contributed by atoms with E-state index >= 15 is 0 Å². The van der Waals surface area contributed by atoms with E-state index < -0.39 is 0 Å². The summed E-state index contributed by atoms with van der Waals surface area (Å²) in [7, 11) is 0. The first-order valence-electron chi connectivity index (χ1n) is 9.91. The zero-order valence-electron chi connectivity index (χ0n) is 17.5. The zero-order chi connectivity index (χ0) is 20.8. The van der Waals surface area contributed by atoms with Crippen LogP contribution in [0.3, 0.4) is 0 Å². The highest BCUT2D eigenvalue weighted by molar-refractivity contribution is 9.10. The third kappa shape index (κ3) is 5.54. The first kappa shape index (κ1) is 21.3. The summed E-state index contributed by atoms with van der Waals surface area (Å²) in [5.74, 6) is 1.51. The van der Waals surface area contributed by atoms with Crippen LogP contribution in [0.1, 0.15) is 34.7 Å². The summed E-state index contributed by atoms with van der Waals surface area (Å²) in [5, 5.41) is 3.50.